The molecule has 1 aromatic rings. The predicted octanol–water partition coefficient (Wildman–Crippen LogP) is 3.90. The van der Waals surface area contributed by atoms with Gasteiger partial charge < -0.3 is 9.64 Å². The maximum Gasteiger partial charge on any atom is 0.433 e. The minimum Gasteiger partial charge on any atom is -0.444 e. The van der Waals surface area contributed by atoms with Crippen molar-refractivity contribution in [3.63, 3.8) is 0 Å². The molecule has 23 heavy (non-hydrogen) atoms. The van der Waals surface area contributed by atoms with Crippen LogP contribution in [0.5, 0.6) is 0 Å². The molecule has 1 saturated heterocycles. The quantitative estimate of drug-likeness (QED) is 0.826. The van der Waals surface area contributed by atoms with E-state index in [1.165, 1.54) is 6.20 Å². The minimum atomic E-state index is -4.44. The molecule has 0 aromatic carbocycles. The fraction of sp³-hybridized carbons (Fsp3) is 0.625. The van der Waals surface area contributed by atoms with Gasteiger partial charge in [-0.15, -0.1) is 0 Å². The Morgan fingerprint density at radius 3 is 2.70 bits per heavy atom. The zero-order valence-corrected chi connectivity index (χ0v) is 13.5. The van der Waals surface area contributed by atoms with Crippen molar-refractivity contribution in [3.8, 4) is 0 Å². The SMILES string of the molecule is CC(C)(C)OC(=O)N1CC[C@H](Cc2ccnc(C(F)(F)F)c2)C1. The highest BCUT2D eigenvalue weighted by Gasteiger charge is 2.33. The van der Waals surface area contributed by atoms with Crippen molar-refractivity contribution in [3.05, 3.63) is 29.6 Å². The average molecular weight is 330 g/mol. The highest BCUT2D eigenvalue weighted by molar-refractivity contribution is 5.68. The molecule has 0 saturated carbocycles. The molecule has 128 valence electrons. The van der Waals surface area contributed by atoms with Crippen LogP contribution in [0.25, 0.3) is 0 Å². The molecule has 4 nitrogen and oxygen atoms in total. The highest BCUT2D eigenvalue weighted by Crippen LogP contribution is 2.29. The van der Waals surface area contributed by atoms with E-state index in [0.29, 0.717) is 25.1 Å². The van der Waals surface area contributed by atoms with Gasteiger partial charge in [-0.1, -0.05) is 0 Å². The summed E-state index contributed by atoms with van der Waals surface area (Å²) < 4.78 is 43.3. The number of halogens is 3. The first-order valence-corrected chi connectivity index (χ1v) is 7.54. The topological polar surface area (TPSA) is 42.4 Å². The largest absolute Gasteiger partial charge is 0.444 e. The Labute approximate surface area is 133 Å². The van der Waals surface area contributed by atoms with Crippen LogP contribution in [-0.4, -0.2) is 34.7 Å². The number of nitrogens with zero attached hydrogens (tertiary/aromatic N) is 2. The van der Waals surface area contributed by atoms with Crippen molar-refractivity contribution in [2.24, 2.45) is 5.92 Å². The Bertz CT molecular complexity index is 567. The molecule has 0 unspecified atom stereocenters. The van der Waals surface area contributed by atoms with Crippen LogP contribution >= 0.6 is 0 Å². The molecule has 1 fully saturated rings. The molecule has 0 bridgehead atoms. The van der Waals surface area contributed by atoms with Gasteiger partial charge in [-0.2, -0.15) is 13.2 Å². The van der Waals surface area contributed by atoms with Crippen molar-refractivity contribution in [1.29, 1.82) is 0 Å². The molecular formula is C16H21F3N2O2. The summed E-state index contributed by atoms with van der Waals surface area (Å²) in [4.78, 5) is 17.0. The van der Waals surface area contributed by atoms with Gasteiger partial charge in [-0.05, 0) is 57.2 Å². The van der Waals surface area contributed by atoms with Gasteiger partial charge in [-0.3, -0.25) is 4.98 Å². The van der Waals surface area contributed by atoms with Gasteiger partial charge in [-0.25, -0.2) is 4.79 Å². The van der Waals surface area contributed by atoms with E-state index in [1.807, 2.05) is 0 Å². The van der Waals surface area contributed by atoms with Crippen LogP contribution in [-0.2, 0) is 17.3 Å². The first-order chi connectivity index (χ1) is 10.5. The maximum atomic E-state index is 12.7. The Kier molecular flexibility index (Phi) is 4.87. The van der Waals surface area contributed by atoms with E-state index < -0.39 is 17.5 Å². The van der Waals surface area contributed by atoms with Crippen LogP contribution < -0.4 is 0 Å². The predicted molar refractivity (Wildman–Crippen MR) is 78.9 cm³/mol. The molecule has 1 aliphatic heterocycles. The molecule has 1 amide bonds. The number of alkyl halides is 3. The second-order valence-corrected chi connectivity index (χ2v) is 6.83. The lowest BCUT2D eigenvalue weighted by molar-refractivity contribution is -0.141. The summed E-state index contributed by atoms with van der Waals surface area (Å²) in [7, 11) is 0. The first-order valence-electron chi connectivity index (χ1n) is 7.54. The van der Waals surface area contributed by atoms with Gasteiger partial charge in [0.05, 0.1) is 0 Å². The van der Waals surface area contributed by atoms with Gasteiger partial charge >= 0.3 is 12.3 Å². The number of hydrogen-bond acceptors (Lipinski definition) is 3. The van der Waals surface area contributed by atoms with E-state index >= 15 is 0 Å². The smallest absolute Gasteiger partial charge is 0.433 e. The van der Waals surface area contributed by atoms with Crippen molar-refractivity contribution in [2.45, 2.75) is 45.4 Å². The molecule has 7 heteroatoms. The van der Waals surface area contributed by atoms with E-state index in [9.17, 15) is 18.0 Å². The van der Waals surface area contributed by atoms with Gasteiger partial charge in [0.25, 0.3) is 0 Å². The Morgan fingerprint density at radius 2 is 2.09 bits per heavy atom. The van der Waals surface area contributed by atoms with Gasteiger partial charge in [0.15, 0.2) is 0 Å². The zero-order valence-electron chi connectivity index (χ0n) is 13.5. The number of amides is 1. The molecule has 1 aromatic heterocycles. The van der Waals surface area contributed by atoms with Crippen molar-refractivity contribution >= 4 is 6.09 Å². The minimum absolute atomic E-state index is 0.131. The molecule has 1 aliphatic rings. The van der Waals surface area contributed by atoms with Crippen molar-refractivity contribution in [2.75, 3.05) is 13.1 Å². The van der Waals surface area contributed by atoms with Crippen LogP contribution in [0, 0.1) is 5.92 Å². The van der Waals surface area contributed by atoms with Gasteiger partial charge in [0, 0.05) is 19.3 Å². The third kappa shape index (κ3) is 5.11. The van der Waals surface area contributed by atoms with Crippen LogP contribution in [0.2, 0.25) is 0 Å². The second-order valence-electron chi connectivity index (χ2n) is 6.83. The van der Waals surface area contributed by atoms with E-state index in [2.05, 4.69) is 4.98 Å². The summed E-state index contributed by atoms with van der Waals surface area (Å²) in [6.07, 6.45) is -2.38. The number of hydrogen-bond donors (Lipinski definition) is 0. The zero-order chi connectivity index (χ0) is 17.3. The van der Waals surface area contributed by atoms with E-state index in [1.54, 1.807) is 31.7 Å². The van der Waals surface area contributed by atoms with E-state index in [-0.39, 0.29) is 12.0 Å². The third-order valence-corrected chi connectivity index (χ3v) is 3.58. The lowest BCUT2D eigenvalue weighted by atomic mass is 9.99. The van der Waals surface area contributed by atoms with Crippen LogP contribution in [0.1, 0.15) is 38.4 Å². The Hall–Kier alpha value is -1.79. The number of ether oxygens (including phenoxy) is 1. The summed E-state index contributed by atoms with van der Waals surface area (Å²) in [6.45, 7) is 6.46. The number of aromatic nitrogens is 1. The number of carbonyl (C=O) groups excluding carboxylic acids is 1. The lowest BCUT2D eigenvalue weighted by Gasteiger charge is -2.24. The van der Waals surface area contributed by atoms with Crippen LogP contribution in [0.3, 0.4) is 0 Å². The van der Waals surface area contributed by atoms with Gasteiger partial charge in [0.1, 0.15) is 11.3 Å². The normalized spacial score (nSPS) is 19.0. The Balaban J connectivity index is 1.95. The van der Waals surface area contributed by atoms with Gasteiger partial charge in [0.2, 0.25) is 0 Å². The number of rotatable bonds is 2. The highest BCUT2D eigenvalue weighted by atomic mass is 19.4. The molecule has 0 N–H and O–H groups in total. The fourth-order valence-electron chi connectivity index (χ4n) is 2.58. The number of pyridine rings is 1. The lowest BCUT2D eigenvalue weighted by Crippen LogP contribution is -2.35. The Morgan fingerprint density at radius 1 is 1.39 bits per heavy atom. The summed E-state index contributed by atoms with van der Waals surface area (Å²) in [5, 5.41) is 0. The monoisotopic (exact) mass is 330 g/mol. The molecule has 0 radical (unpaired) electrons. The second kappa shape index (κ2) is 6.37. The van der Waals surface area contributed by atoms with E-state index in [0.717, 1.165) is 12.5 Å². The summed E-state index contributed by atoms with van der Waals surface area (Å²) in [6, 6.07) is 2.67. The number of carbonyl (C=O) groups is 1. The van der Waals surface area contributed by atoms with Crippen molar-refractivity contribution < 1.29 is 22.7 Å². The number of likely N-dealkylation sites (tertiary alicyclic amines) is 1. The average Bonchev–Trinajstić information content (AvgIpc) is 2.85. The molecule has 2 heterocycles. The summed E-state index contributed by atoms with van der Waals surface area (Å²) in [5.74, 6) is 0.131. The molecular weight excluding hydrogens is 309 g/mol. The summed E-state index contributed by atoms with van der Waals surface area (Å²) >= 11 is 0. The molecule has 2 rings (SSSR count). The molecule has 0 spiro atoms. The summed E-state index contributed by atoms with van der Waals surface area (Å²) in [5.41, 5.74) is -0.845. The fourth-order valence-corrected chi connectivity index (χ4v) is 2.58. The van der Waals surface area contributed by atoms with Crippen LogP contribution in [0.4, 0.5) is 18.0 Å². The van der Waals surface area contributed by atoms with Crippen molar-refractivity contribution in [1.82, 2.24) is 9.88 Å². The van der Waals surface area contributed by atoms with Crippen LogP contribution in [0.15, 0.2) is 18.3 Å². The first kappa shape index (κ1) is 17.6. The van der Waals surface area contributed by atoms with E-state index in [4.69, 9.17) is 4.74 Å². The maximum absolute atomic E-state index is 12.7. The molecule has 0 aliphatic carbocycles. The molecule has 1 atom stereocenters. The standard InChI is InChI=1S/C16H21F3N2O2/c1-15(2,3)23-14(22)21-7-5-12(10-21)8-11-4-6-20-13(9-11)16(17,18)19/h4,6,9,12H,5,7-8,10H2,1-3H3/t12-/m1/s1. The third-order valence-electron chi connectivity index (χ3n) is 3.58.